The number of H-pyrrole nitrogens is 1. The number of ketones is 1. The van der Waals surface area contributed by atoms with E-state index in [-0.39, 0.29) is 5.78 Å². The van der Waals surface area contributed by atoms with Gasteiger partial charge < -0.3 is 10.3 Å². The highest BCUT2D eigenvalue weighted by Crippen LogP contribution is 2.16. The average Bonchev–Trinajstić information content (AvgIpc) is 2.94. The molecular formula is C16H15N3O. The van der Waals surface area contributed by atoms with Crippen LogP contribution >= 0.6 is 0 Å². The first-order valence-corrected chi connectivity index (χ1v) is 6.49. The van der Waals surface area contributed by atoms with Crippen molar-refractivity contribution in [3.63, 3.8) is 0 Å². The zero-order valence-electron chi connectivity index (χ0n) is 11.2. The molecule has 0 radical (unpaired) electrons. The van der Waals surface area contributed by atoms with Gasteiger partial charge in [-0.15, -0.1) is 0 Å². The molecule has 100 valence electrons. The van der Waals surface area contributed by atoms with Gasteiger partial charge in [0.1, 0.15) is 0 Å². The van der Waals surface area contributed by atoms with E-state index in [0.29, 0.717) is 11.1 Å². The van der Waals surface area contributed by atoms with Crippen molar-refractivity contribution in [2.24, 2.45) is 0 Å². The second-order valence-electron chi connectivity index (χ2n) is 4.69. The second kappa shape index (κ2) is 5.27. The molecule has 0 fully saturated rings. The fourth-order valence-corrected chi connectivity index (χ4v) is 2.27. The number of imidazole rings is 1. The van der Waals surface area contributed by atoms with Crippen LogP contribution in [-0.2, 0) is 6.54 Å². The Morgan fingerprint density at radius 2 is 2.05 bits per heavy atom. The van der Waals surface area contributed by atoms with E-state index in [1.807, 2.05) is 49.5 Å². The lowest BCUT2D eigenvalue weighted by Crippen LogP contribution is -2.07. The Hall–Kier alpha value is -2.46. The first kappa shape index (κ1) is 12.6. The van der Waals surface area contributed by atoms with Gasteiger partial charge >= 0.3 is 0 Å². The number of fused-ring (bicyclic) bond motifs is 1. The first-order chi connectivity index (χ1) is 9.78. The van der Waals surface area contributed by atoms with Gasteiger partial charge in [-0.1, -0.05) is 18.2 Å². The monoisotopic (exact) mass is 265 g/mol. The minimum atomic E-state index is 0.0273. The van der Waals surface area contributed by atoms with Crippen LogP contribution in [0.25, 0.3) is 11.0 Å². The van der Waals surface area contributed by atoms with E-state index >= 15 is 0 Å². The maximum absolute atomic E-state index is 12.5. The fraction of sp³-hybridized carbons (Fsp3) is 0.125. The van der Waals surface area contributed by atoms with Crippen LogP contribution < -0.4 is 5.32 Å². The number of nitrogens with zero attached hydrogens (tertiary/aromatic N) is 1. The van der Waals surface area contributed by atoms with E-state index < -0.39 is 0 Å². The molecule has 4 heteroatoms. The van der Waals surface area contributed by atoms with E-state index in [4.69, 9.17) is 0 Å². The van der Waals surface area contributed by atoms with Crippen LogP contribution in [-0.4, -0.2) is 22.8 Å². The third kappa shape index (κ3) is 2.33. The molecule has 2 N–H and O–H groups in total. The molecule has 20 heavy (non-hydrogen) atoms. The Kier molecular flexibility index (Phi) is 3.31. The van der Waals surface area contributed by atoms with Gasteiger partial charge in [0.25, 0.3) is 0 Å². The number of aromatic amines is 1. The third-order valence-electron chi connectivity index (χ3n) is 3.25. The van der Waals surface area contributed by atoms with Crippen molar-refractivity contribution in [2.75, 3.05) is 7.05 Å². The SMILES string of the molecule is CNCc1cccc(C(=O)c2ccc3nc[nH]c3c2)c1. The van der Waals surface area contributed by atoms with E-state index in [1.54, 1.807) is 6.33 Å². The quantitative estimate of drug-likeness (QED) is 0.713. The molecule has 0 saturated heterocycles. The van der Waals surface area contributed by atoms with Gasteiger partial charge in [-0.3, -0.25) is 4.79 Å². The summed E-state index contributed by atoms with van der Waals surface area (Å²) >= 11 is 0. The summed E-state index contributed by atoms with van der Waals surface area (Å²) in [7, 11) is 1.89. The largest absolute Gasteiger partial charge is 0.345 e. The summed E-state index contributed by atoms with van der Waals surface area (Å²) in [6.07, 6.45) is 1.63. The van der Waals surface area contributed by atoms with E-state index in [9.17, 15) is 4.79 Å². The summed E-state index contributed by atoms with van der Waals surface area (Å²) in [6, 6.07) is 13.2. The average molecular weight is 265 g/mol. The van der Waals surface area contributed by atoms with Gasteiger partial charge in [-0.2, -0.15) is 0 Å². The van der Waals surface area contributed by atoms with E-state index in [0.717, 1.165) is 23.1 Å². The lowest BCUT2D eigenvalue weighted by molar-refractivity contribution is 0.103. The zero-order valence-corrected chi connectivity index (χ0v) is 11.2. The molecule has 0 bridgehead atoms. The topological polar surface area (TPSA) is 57.8 Å². The smallest absolute Gasteiger partial charge is 0.193 e. The maximum Gasteiger partial charge on any atom is 0.193 e. The minimum absolute atomic E-state index is 0.0273. The highest BCUT2D eigenvalue weighted by molar-refractivity contribution is 6.10. The summed E-state index contributed by atoms with van der Waals surface area (Å²) in [5.41, 5.74) is 4.22. The zero-order chi connectivity index (χ0) is 13.9. The maximum atomic E-state index is 12.5. The van der Waals surface area contributed by atoms with Crippen molar-refractivity contribution in [3.8, 4) is 0 Å². The van der Waals surface area contributed by atoms with Crippen LogP contribution in [0.4, 0.5) is 0 Å². The first-order valence-electron chi connectivity index (χ1n) is 6.49. The molecule has 0 unspecified atom stereocenters. The van der Waals surface area contributed by atoms with Gasteiger partial charge in [-0.05, 0) is 36.9 Å². The number of nitrogens with one attached hydrogen (secondary N) is 2. The van der Waals surface area contributed by atoms with Crippen LogP contribution in [0, 0.1) is 0 Å². The van der Waals surface area contributed by atoms with Crippen molar-refractivity contribution >= 4 is 16.8 Å². The number of carbonyl (C=O) groups is 1. The molecule has 4 nitrogen and oxygen atoms in total. The molecule has 3 rings (SSSR count). The van der Waals surface area contributed by atoms with Gasteiger partial charge in [-0.25, -0.2) is 4.98 Å². The molecule has 1 heterocycles. The fourth-order valence-electron chi connectivity index (χ4n) is 2.27. The van der Waals surface area contributed by atoms with Crippen LogP contribution in [0.15, 0.2) is 48.8 Å². The number of carbonyl (C=O) groups excluding carboxylic acids is 1. The molecule has 0 saturated carbocycles. The van der Waals surface area contributed by atoms with Gasteiger partial charge in [0.05, 0.1) is 17.4 Å². The minimum Gasteiger partial charge on any atom is -0.345 e. The molecule has 0 spiro atoms. The Morgan fingerprint density at radius 1 is 1.20 bits per heavy atom. The van der Waals surface area contributed by atoms with Gasteiger partial charge in [0.2, 0.25) is 0 Å². The summed E-state index contributed by atoms with van der Waals surface area (Å²) < 4.78 is 0. The van der Waals surface area contributed by atoms with Crippen molar-refractivity contribution < 1.29 is 4.79 Å². The molecule has 3 aromatic rings. The highest BCUT2D eigenvalue weighted by Gasteiger charge is 2.10. The molecule has 0 amide bonds. The molecule has 2 aromatic carbocycles. The summed E-state index contributed by atoms with van der Waals surface area (Å²) in [6.45, 7) is 0.751. The van der Waals surface area contributed by atoms with Crippen molar-refractivity contribution in [3.05, 3.63) is 65.5 Å². The van der Waals surface area contributed by atoms with Crippen LogP contribution in [0.3, 0.4) is 0 Å². The molecule has 1 aromatic heterocycles. The number of aromatic nitrogens is 2. The number of hydrogen-bond acceptors (Lipinski definition) is 3. The normalized spacial score (nSPS) is 10.8. The van der Waals surface area contributed by atoms with Crippen LogP contribution in [0.2, 0.25) is 0 Å². The number of hydrogen-bond donors (Lipinski definition) is 2. The standard InChI is InChI=1S/C16H15N3O/c1-17-9-11-3-2-4-12(7-11)16(20)13-5-6-14-15(8-13)19-10-18-14/h2-8,10,17H,9H2,1H3,(H,18,19). The third-order valence-corrected chi connectivity index (χ3v) is 3.25. The Bertz CT molecular complexity index is 761. The highest BCUT2D eigenvalue weighted by atomic mass is 16.1. The molecule has 0 atom stereocenters. The van der Waals surface area contributed by atoms with Crippen molar-refractivity contribution in [1.29, 1.82) is 0 Å². The van der Waals surface area contributed by atoms with Gasteiger partial charge in [0, 0.05) is 17.7 Å². The lowest BCUT2D eigenvalue weighted by Gasteiger charge is -2.05. The Balaban J connectivity index is 1.96. The van der Waals surface area contributed by atoms with E-state index in [1.165, 1.54) is 0 Å². The molecule has 0 aliphatic carbocycles. The Labute approximate surface area is 116 Å². The summed E-state index contributed by atoms with van der Waals surface area (Å²) in [4.78, 5) is 19.7. The molecule has 0 aliphatic rings. The lowest BCUT2D eigenvalue weighted by atomic mass is 10.0. The van der Waals surface area contributed by atoms with Crippen molar-refractivity contribution in [2.45, 2.75) is 6.54 Å². The molecular weight excluding hydrogens is 250 g/mol. The Morgan fingerprint density at radius 3 is 2.90 bits per heavy atom. The number of rotatable bonds is 4. The molecule has 0 aliphatic heterocycles. The second-order valence-corrected chi connectivity index (χ2v) is 4.69. The van der Waals surface area contributed by atoms with Crippen molar-refractivity contribution in [1.82, 2.24) is 15.3 Å². The summed E-state index contributed by atoms with van der Waals surface area (Å²) in [5.74, 6) is 0.0273. The predicted octanol–water partition coefficient (Wildman–Crippen LogP) is 2.51. The number of benzene rings is 2. The van der Waals surface area contributed by atoms with Crippen LogP contribution in [0.1, 0.15) is 21.5 Å². The van der Waals surface area contributed by atoms with Gasteiger partial charge in [0.15, 0.2) is 5.78 Å². The summed E-state index contributed by atoms with van der Waals surface area (Å²) in [5, 5.41) is 3.09. The van der Waals surface area contributed by atoms with Crippen LogP contribution in [0.5, 0.6) is 0 Å². The predicted molar refractivity (Wildman–Crippen MR) is 78.7 cm³/mol. The van der Waals surface area contributed by atoms with E-state index in [2.05, 4.69) is 15.3 Å².